The van der Waals surface area contributed by atoms with E-state index in [0.29, 0.717) is 12.3 Å². The minimum Gasteiger partial charge on any atom is -0.491 e. The number of nitrogens with two attached hydrogens (primary N) is 1. The maximum absolute atomic E-state index is 10.2. The minimum absolute atomic E-state index is 0.371. The van der Waals surface area contributed by atoms with Crippen molar-refractivity contribution < 1.29 is 9.84 Å². The van der Waals surface area contributed by atoms with Crippen molar-refractivity contribution in [3.63, 3.8) is 0 Å². The third-order valence-corrected chi connectivity index (χ3v) is 3.15. The van der Waals surface area contributed by atoms with Gasteiger partial charge in [-0.15, -0.1) is 0 Å². The Bertz CT molecular complexity index is 346. The maximum Gasteiger partial charge on any atom is 0.121 e. The van der Waals surface area contributed by atoms with E-state index in [1.165, 1.54) is 6.42 Å². The molecule has 0 saturated heterocycles. The molecule has 2 rings (SSSR count). The van der Waals surface area contributed by atoms with Gasteiger partial charge in [0, 0.05) is 11.8 Å². The number of aliphatic hydroxyl groups is 1. The second-order valence-corrected chi connectivity index (χ2v) is 4.65. The molecule has 1 fully saturated rings. The Kier molecular flexibility index (Phi) is 3.34. The van der Waals surface area contributed by atoms with Crippen LogP contribution in [-0.2, 0) is 0 Å². The molecule has 0 heterocycles. The van der Waals surface area contributed by atoms with Crippen LogP contribution in [-0.4, -0.2) is 17.3 Å². The third kappa shape index (κ3) is 2.89. The number of anilines is 1. The van der Waals surface area contributed by atoms with Gasteiger partial charge in [0.25, 0.3) is 0 Å². The van der Waals surface area contributed by atoms with Crippen LogP contribution in [0.4, 0.5) is 5.69 Å². The smallest absolute Gasteiger partial charge is 0.121 e. The van der Waals surface area contributed by atoms with Crippen molar-refractivity contribution in [2.45, 2.75) is 37.7 Å². The van der Waals surface area contributed by atoms with E-state index in [0.717, 1.165) is 31.4 Å². The van der Waals surface area contributed by atoms with Crippen molar-refractivity contribution >= 4 is 5.69 Å². The molecule has 1 saturated carbocycles. The molecule has 0 spiro atoms. The zero-order valence-electron chi connectivity index (χ0n) is 9.48. The average Bonchev–Trinajstić information content (AvgIpc) is 2.28. The van der Waals surface area contributed by atoms with Crippen LogP contribution in [0.3, 0.4) is 0 Å². The second kappa shape index (κ2) is 4.74. The fourth-order valence-corrected chi connectivity index (χ4v) is 2.18. The first kappa shape index (κ1) is 11.3. The van der Waals surface area contributed by atoms with Crippen LogP contribution in [0.2, 0.25) is 0 Å². The zero-order valence-corrected chi connectivity index (χ0v) is 9.48. The van der Waals surface area contributed by atoms with E-state index >= 15 is 0 Å². The lowest BCUT2D eigenvalue weighted by Crippen LogP contribution is -2.37. The number of rotatable bonds is 3. The first-order chi connectivity index (χ1) is 7.68. The van der Waals surface area contributed by atoms with Gasteiger partial charge in [-0.25, -0.2) is 0 Å². The lowest BCUT2D eigenvalue weighted by atomic mass is 9.85. The Labute approximate surface area is 96.2 Å². The van der Waals surface area contributed by atoms with E-state index in [-0.39, 0.29) is 0 Å². The summed E-state index contributed by atoms with van der Waals surface area (Å²) in [7, 11) is 0. The fraction of sp³-hybridized carbons (Fsp3) is 0.538. The lowest BCUT2D eigenvalue weighted by molar-refractivity contribution is -0.0338. The minimum atomic E-state index is -0.636. The van der Waals surface area contributed by atoms with Crippen LogP contribution in [0.25, 0.3) is 0 Å². The maximum atomic E-state index is 10.2. The van der Waals surface area contributed by atoms with Crippen molar-refractivity contribution in [3.8, 4) is 5.75 Å². The van der Waals surface area contributed by atoms with E-state index in [1.807, 2.05) is 18.2 Å². The Morgan fingerprint density at radius 2 is 2.00 bits per heavy atom. The molecule has 0 aromatic heterocycles. The molecule has 3 heteroatoms. The third-order valence-electron chi connectivity index (χ3n) is 3.15. The van der Waals surface area contributed by atoms with Gasteiger partial charge in [-0.3, -0.25) is 0 Å². The predicted octanol–water partition coefficient (Wildman–Crippen LogP) is 2.34. The molecule has 0 aliphatic heterocycles. The summed E-state index contributed by atoms with van der Waals surface area (Å²) in [5, 5.41) is 10.2. The van der Waals surface area contributed by atoms with Crippen molar-refractivity contribution in [2.24, 2.45) is 0 Å². The van der Waals surface area contributed by atoms with Gasteiger partial charge in [0.1, 0.15) is 12.4 Å². The van der Waals surface area contributed by atoms with Gasteiger partial charge in [-0.05, 0) is 25.0 Å². The van der Waals surface area contributed by atoms with Crippen molar-refractivity contribution in [1.82, 2.24) is 0 Å². The van der Waals surface area contributed by atoms with E-state index in [4.69, 9.17) is 10.5 Å². The van der Waals surface area contributed by atoms with Gasteiger partial charge >= 0.3 is 0 Å². The largest absolute Gasteiger partial charge is 0.491 e. The van der Waals surface area contributed by atoms with Gasteiger partial charge in [-0.2, -0.15) is 0 Å². The number of ether oxygens (including phenoxy) is 1. The molecule has 3 N–H and O–H groups in total. The van der Waals surface area contributed by atoms with E-state index < -0.39 is 5.60 Å². The molecule has 1 aromatic rings. The van der Waals surface area contributed by atoms with Crippen molar-refractivity contribution in [3.05, 3.63) is 24.3 Å². The standard InChI is InChI=1S/C13H19NO2/c14-11-5-4-6-12(9-11)16-10-13(15)7-2-1-3-8-13/h4-6,9,15H,1-3,7-8,10,14H2. The molecule has 0 bridgehead atoms. The normalized spacial score (nSPS) is 19.3. The number of benzene rings is 1. The highest BCUT2D eigenvalue weighted by Gasteiger charge is 2.29. The molecule has 88 valence electrons. The van der Waals surface area contributed by atoms with Crippen LogP contribution in [0, 0.1) is 0 Å². The molecular formula is C13H19NO2. The highest BCUT2D eigenvalue weighted by molar-refractivity contribution is 5.43. The summed E-state index contributed by atoms with van der Waals surface area (Å²) in [6, 6.07) is 7.33. The first-order valence-electron chi connectivity index (χ1n) is 5.89. The summed E-state index contributed by atoms with van der Waals surface area (Å²) >= 11 is 0. The van der Waals surface area contributed by atoms with Gasteiger partial charge < -0.3 is 15.6 Å². The quantitative estimate of drug-likeness (QED) is 0.770. The summed E-state index contributed by atoms with van der Waals surface area (Å²) in [5.41, 5.74) is 5.71. The number of hydrogen-bond acceptors (Lipinski definition) is 3. The highest BCUT2D eigenvalue weighted by atomic mass is 16.5. The highest BCUT2D eigenvalue weighted by Crippen LogP contribution is 2.29. The molecule has 0 unspecified atom stereocenters. The molecule has 3 nitrogen and oxygen atoms in total. The molecule has 1 aliphatic rings. The van der Waals surface area contributed by atoms with E-state index in [1.54, 1.807) is 6.07 Å². The van der Waals surface area contributed by atoms with Gasteiger partial charge in [0.15, 0.2) is 0 Å². The zero-order chi connectivity index (χ0) is 11.4. The average molecular weight is 221 g/mol. The molecule has 0 radical (unpaired) electrons. The van der Waals surface area contributed by atoms with Crippen molar-refractivity contribution in [1.29, 1.82) is 0 Å². The molecule has 16 heavy (non-hydrogen) atoms. The van der Waals surface area contributed by atoms with Crippen LogP contribution >= 0.6 is 0 Å². The predicted molar refractivity (Wildman–Crippen MR) is 64.4 cm³/mol. The monoisotopic (exact) mass is 221 g/mol. The lowest BCUT2D eigenvalue weighted by Gasteiger charge is -2.31. The molecule has 1 aromatic carbocycles. The number of nitrogen functional groups attached to an aromatic ring is 1. The molecule has 0 amide bonds. The summed E-state index contributed by atoms with van der Waals surface area (Å²) in [4.78, 5) is 0. The summed E-state index contributed by atoms with van der Waals surface area (Å²) < 4.78 is 5.60. The summed E-state index contributed by atoms with van der Waals surface area (Å²) in [6.45, 7) is 0.371. The Morgan fingerprint density at radius 1 is 1.25 bits per heavy atom. The summed E-state index contributed by atoms with van der Waals surface area (Å²) in [5.74, 6) is 0.735. The van der Waals surface area contributed by atoms with Crippen LogP contribution in [0.1, 0.15) is 32.1 Å². The molecular weight excluding hydrogens is 202 g/mol. The topological polar surface area (TPSA) is 55.5 Å². The second-order valence-electron chi connectivity index (χ2n) is 4.65. The van der Waals surface area contributed by atoms with E-state index in [2.05, 4.69) is 0 Å². The van der Waals surface area contributed by atoms with Crippen LogP contribution < -0.4 is 10.5 Å². The molecule has 1 aliphatic carbocycles. The Balaban J connectivity index is 1.91. The Hall–Kier alpha value is -1.22. The molecule has 0 atom stereocenters. The van der Waals surface area contributed by atoms with Crippen LogP contribution in [0.15, 0.2) is 24.3 Å². The summed E-state index contributed by atoms with van der Waals surface area (Å²) in [6.07, 6.45) is 5.10. The number of hydrogen-bond donors (Lipinski definition) is 2. The van der Waals surface area contributed by atoms with Crippen LogP contribution in [0.5, 0.6) is 5.75 Å². The fourth-order valence-electron chi connectivity index (χ4n) is 2.18. The van der Waals surface area contributed by atoms with E-state index in [9.17, 15) is 5.11 Å². The SMILES string of the molecule is Nc1cccc(OCC2(O)CCCCC2)c1. The Morgan fingerprint density at radius 3 is 2.69 bits per heavy atom. The van der Waals surface area contributed by atoms with Gasteiger partial charge in [-0.1, -0.05) is 25.3 Å². The first-order valence-corrected chi connectivity index (χ1v) is 5.89. The van der Waals surface area contributed by atoms with Crippen molar-refractivity contribution in [2.75, 3.05) is 12.3 Å². The van der Waals surface area contributed by atoms with Gasteiger partial charge in [0.05, 0.1) is 5.60 Å². The van der Waals surface area contributed by atoms with Gasteiger partial charge in [0.2, 0.25) is 0 Å².